The second-order valence-electron chi connectivity index (χ2n) is 5.61. The minimum atomic E-state index is -1.66. The van der Waals surface area contributed by atoms with Gasteiger partial charge in [-0.05, 0) is 23.1 Å². The number of nitrogens with zero attached hydrogens (tertiary/aromatic N) is 2. The van der Waals surface area contributed by atoms with E-state index in [-0.39, 0.29) is 11.6 Å². The van der Waals surface area contributed by atoms with Gasteiger partial charge in [0.2, 0.25) is 0 Å². The summed E-state index contributed by atoms with van der Waals surface area (Å²) in [4.78, 5) is 11.4. The molecule has 118 valence electrons. The number of halogens is 1. The van der Waals surface area contributed by atoms with Gasteiger partial charge >= 0.3 is 11.9 Å². The first-order valence-electron chi connectivity index (χ1n) is 7.55. The standard InChI is InChI=1S/C19H13FN2O2/c20-17(23)16-19(24)22(12-13-6-2-1-3-7-13)18-15-9-5-4-8-14(15)10-11-21(16)18/h1-11H,12H2/p+1. The van der Waals surface area contributed by atoms with Crippen molar-refractivity contribution in [1.82, 2.24) is 4.40 Å². The van der Waals surface area contributed by atoms with Crippen LogP contribution in [0.5, 0.6) is 5.88 Å². The molecular formula is C19H14FN2O2+. The van der Waals surface area contributed by atoms with Crippen molar-refractivity contribution in [3.63, 3.8) is 0 Å². The Hall–Kier alpha value is -3.21. The molecule has 2 aromatic carbocycles. The van der Waals surface area contributed by atoms with Gasteiger partial charge < -0.3 is 5.11 Å². The summed E-state index contributed by atoms with van der Waals surface area (Å²) >= 11 is 0. The summed E-state index contributed by atoms with van der Waals surface area (Å²) < 4.78 is 16.5. The molecule has 0 aliphatic heterocycles. The van der Waals surface area contributed by atoms with Crippen LogP contribution in [0.1, 0.15) is 16.1 Å². The highest BCUT2D eigenvalue weighted by Gasteiger charge is 2.32. The molecule has 0 unspecified atom stereocenters. The lowest BCUT2D eigenvalue weighted by molar-refractivity contribution is -0.667. The molecule has 0 bridgehead atoms. The number of hydrogen-bond acceptors (Lipinski definition) is 2. The third-order valence-corrected chi connectivity index (χ3v) is 4.17. The molecule has 0 fully saturated rings. The molecule has 0 aliphatic rings. The number of carbonyl (C=O) groups excluding carboxylic acids is 1. The Morgan fingerprint density at radius 1 is 1.04 bits per heavy atom. The van der Waals surface area contributed by atoms with Crippen molar-refractivity contribution < 1.29 is 18.9 Å². The van der Waals surface area contributed by atoms with E-state index in [0.717, 1.165) is 16.3 Å². The molecule has 0 aliphatic carbocycles. The largest absolute Gasteiger partial charge is 0.474 e. The molecule has 0 amide bonds. The van der Waals surface area contributed by atoms with Gasteiger partial charge in [-0.2, -0.15) is 13.4 Å². The van der Waals surface area contributed by atoms with E-state index < -0.39 is 6.04 Å². The van der Waals surface area contributed by atoms with Crippen LogP contribution in [0.3, 0.4) is 0 Å². The molecule has 24 heavy (non-hydrogen) atoms. The Labute approximate surface area is 137 Å². The Morgan fingerprint density at radius 2 is 1.75 bits per heavy atom. The molecule has 4 aromatic rings. The molecular weight excluding hydrogens is 307 g/mol. The van der Waals surface area contributed by atoms with Gasteiger partial charge in [0.1, 0.15) is 6.54 Å². The number of benzene rings is 2. The van der Waals surface area contributed by atoms with E-state index in [9.17, 15) is 14.3 Å². The summed E-state index contributed by atoms with van der Waals surface area (Å²) in [5.74, 6) is -0.372. The fourth-order valence-electron chi connectivity index (χ4n) is 3.09. The minimum Gasteiger partial charge on any atom is -0.474 e. The molecule has 0 saturated carbocycles. The Morgan fingerprint density at radius 3 is 2.50 bits per heavy atom. The predicted molar refractivity (Wildman–Crippen MR) is 87.7 cm³/mol. The van der Waals surface area contributed by atoms with Crippen LogP contribution in [0.4, 0.5) is 4.39 Å². The summed E-state index contributed by atoms with van der Waals surface area (Å²) in [7, 11) is 0. The maximum absolute atomic E-state index is 13.5. The minimum absolute atomic E-state index is 0.331. The average Bonchev–Trinajstić information content (AvgIpc) is 2.88. The third kappa shape index (κ3) is 2.13. The van der Waals surface area contributed by atoms with E-state index >= 15 is 0 Å². The lowest BCUT2D eigenvalue weighted by Gasteiger charge is -2.02. The van der Waals surface area contributed by atoms with Crippen molar-refractivity contribution in [2.75, 3.05) is 0 Å². The topological polar surface area (TPSA) is 45.6 Å². The van der Waals surface area contributed by atoms with E-state index in [1.54, 1.807) is 16.8 Å². The SMILES string of the molecule is O=C(F)c1c(O)[n+](Cc2ccccc2)c2c3ccccc3ccn12. The van der Waals surface area contributed by atoms with Crippen LogP contribution >= 0.6 is 0 Å². The molecule has 4 nitrogen and oxygen atoms in total. The molecule has 2 heterocycles. The predicted octanol–water partition coefficient (Wildman–Crippen LogP) is 3.24. The van der Waals surface area contributed by atoms with Crippen LogP contribution in [0, 0.1) is 0 Å². The lowest BCUT2D eigenvalue weighted by atomic mass is 10.1. The zero-order chi connectivity index (χ0) is 16.7. The monoisotopic (exact) mass is 321 g/mol. The van der Waals surface area contributed by atoms with Crippen molar-refractivity contribution >= 4 is 22.5 Å². The first-order valence-corrected chi connectivity index (χ1v) is 7.55. The van der Waals surface area contributed by atoms with Gasteiger partial charge in [-0.3, -0.25) is 4.79 Å². The van der Waals surface area contributed by atoms with Crippen LogP contribution in [-0.2, 0) is 6.54 Å². The van der Waals surface area contributed by atoms with Gasteiger partial charge in [0.15, 0.2) is 0 Å². The molecule has 5 heteroatoms. The summed E-state index contributed by atoms with van der Waals surface area (Å²) in [6, 6.07) is 17.2. The fraction of sp³-hybridized carbons (Fsp3) is 0.0526. The third-order valence-electron chi connectivity index (χ3n) is 4.17. The molecule has 4 rings (SSSR count). The number of aromatic nitrogens is 2. The van der Waals surface area contributed by atoms with Crippen LogP contribution in [-0.4, -0.2) is 15.5 Å². The quantitative estimate of drug-likeness (QED) is 0.465. The highest BCUT2D eigenvalue weighted by atomic mass is 19.1. The maximum Gasteiger partial charge on any atom is 0.379 e. The Kier molecular flexibility index (Phi) is 3.27. The van der Waals surface area contributed by atoms with Crippen molar-refractivity contribution in [3.05, 3.63) is 78.1 Å². The zero-order valence-corrected chi connectivity index (χ0v) is 12.7. The van der Waals surface area contributed by atoms with Crippen molar-refractivity contribution in [2.45, 2.75) is 6.54 Å². The Bertz CT molecular complexity index is 1070. The van der Waals surface area contributed by atoms with Crippen LogP contribution < -0.4 is 4.57 Å². The first-order chi connectivity index (χ1) is 11.7. The van der Waals surface area contributed by atoms with E-state index in [1.165, 1.54) is 4.40 Å². The maximum atomic E-state index is 13.5. The van der Waals surface area contributed by atoms with Gasteiger partial charge in [0.25, 0.3) is 11.3 Å². The number of pyridine rings is 1. The van der Waals surface area contributed by atoms with E-state index in [1.807, 2.05) is 54.6 Å². The van der Waals surface area contributed by atoms with E-state index in [0.29, 0.717) is 12.2 Å². The highest BCUT2D eigenvalue weighted by molar-refractivity contribution is 5.96. The number of carbonyl (C=O) groups is 1. The van der Waals surface area contributed by atoms with Crippen LogP contribution in [0.25, 0.3) is 16.4 Å². The lowest BCUT2D eigenvalue weighted by Crippen LogP contribution is -2.33. The average molecular weight is 321 g/mol. The highest BCUT2D eigenvalue weighted by Crippen LogP contribution is 2.25. The number of hydrogen-bond donors (Lipinski definition) is 1. The van der Waals surface area contributed by atoms with Crippen molar-refractivity contribution in [3.8, 4) is 5.88 Å². The summed E-state index contributed by atoms with van der Waals surface area (Å²) in [6.45, 7) is 0.331. The summed E-state index contributed by atoms with van der Waals surface area (Å²) in [5, 5.41) is 12.3. The normalized spacial score (nSPS) is 11.2. The van der Waals surface area contributed by atoms with E-state index in [4.69, 9.17) is 0 Å². The second-order valence-corrected chi connectivity index (χ2v) is 5.61. The smallest absolute Gasteiger partial charge is 0.379 e. The number of imidazole rings is 1. The molecule has 0 radical (unpaired) electrons. The number of fused-ring (bicyclic) bond motifs is 3. The summed E-state index contributed by atoms with van der Waals surface area (Å²) in [5.41, 5.74) is 1.17. The van der Waals surface area contributed by atoms with Crippen LogP contribution in [0.15, 0.2) is 66.9 Å². The molecule has 0 saturated heterocycles. The number of rotatable bonds is 3. The zero-order valence-electron chi connectivity index (χ0n) is 12.7. The summed E-state index contributed by atoms with van der Waals surface area (Å²) in [6.07, 6.45) is 1.60. The van der Waals surface area contributed by atoms with Gasteiger partial charge in [0.05, 0.1) is 11.6 Å². The molecule has 2 aromatic heterocycles. The van der Waals surface area contributed by atoms with Gasteiger partial charge in [0, 0.05) is 0 Å². The van der Waals surface area contributed by atoms with Gasteiger partial charge in [-0.25, -0.2) is 0 Å². The second kappa shape index (κ2) is 5.45. The van der Waals surface area contributed by atoms with Crippen LogP contribution in [0.2, 0.25) is 0 Å². The Balaban J connectivity index is 2.08. The molecule has 1 N–H and O–H groups in total. The van der Waals surface area contributed by atoms with Gasteiger partial charge in [-0.15, -0.1) is 0 Å². The van der Waals surface area contributed by atoms with Gasteiger partial charge in [-0.1, -0.05) is 48.5 Å². The van der Waals surface area contributed by atoms with Crippen molar-refractivity contribution in [1.29, 1.82) is 0 Å². The fourth-order valence-corrected chi connectivity index (χ4v) is 3.09. The molecule has 0 spiro atoms. The molecule has 0 atom stereocenters. The van der Waals surface area contributed by atoms with E-state index in [2.05, 4.69) is 0 Å². The van der Waals surface area contributed by atoms with Crippen molar-refractivity contribution in [2.24, 2.45) is 0 Å². The number of aromatic hydroxyl groups is 1. The first kappa shape index (κ1) is 14.4.